The molecule has 2 aromatic rings. The number of nitrogens with two attached hydrogens (primary N) is 1. The van der Waals surface area contributed by atoms with Gasteiger partial charge in [0.15, 0.2) is 0 Å². The minimum atomic E-state index is -1.09. The van der Waals surface area contributed by atoms with Crippen LogP contribution in [0.2, 0.25) is 0 Å². The van der Waals surface area contributed by atoms with E-state index >= 15 is 0 Å². The molecule has 0 bridgehead atoms. The van der Waals surface area contributed by atoms with Gasteiger partial charge in [0.2, 0.25) is 5.91 Å². The lowest BCUT2D eigenvalue weighted by atomic mass is 10.0. The number of carbonyl (C=O) groups excluding carboxylic acids is 5. The van der Waals surface area contributed by atoms with Crippen molar-refractivity contribution in [1.29, 1.82) is 0 Å². The normalized spacial score (nSPS) is 12.0. The van der Waals surface area contributed by atoms with E-state index in [1.165, 1.54) is 0 Å². The first-order valence-electron chi connectivity index (χ1n) is 13.4. The standard InChI is InChI=1S/C29H38N4O8/c1-4-24(34)39-17-21-12-14-22(15-13-21)41-27(36)23(11-8-16-31-28(30)37)32-26(35)25(19(2)3)33-29(38)40-18-20-9-6-5-7-10-20/h5-7,9-10,12-15,19,23,25H,4,8,11,16-18H2,1-3H3,(H,32,35)(H,33,38)(H3,30,31,37)/t23-,25-/m0/s1. The molecule has 12 heteroatoms. The molecule has 2 atom stereocenters. The number of esters is 2. The summed E-state index contributed by atoms with van der Waals surface area (Å²) in [5.41, 5.74) is 6.60. The van der Waals surface area contributed by atoms with Crippen molar-refractivity contribution in [2.24, 2.45) is 11.7 Å². The summed E-state index contributed by atoms with van der Waals surface area (Å²) in [7, 11) is 0. The minimum absolute atomic E-state index is 0.0285. The molecular formula is C29H38N4O8. The summed E-state index contributed by atoms with van der Waals surface area (Å²) >= 11 is 0. The van der Waals surface area contributed by atoms with Crippen LogP contribution < -0.4 is 26.4 Å². The molecule has 0 aliphatic heterocycles. The van der Waals surface area contributed by atoms with E-state index in [0.29, 0.717) is 12.0 Å². The number of benzene rings is 2. The van der Waals surface area contributed by atoms with Gasteiger partial charge in [-0.05, 0) is 42.0 Å². The van der Waals surface area contributed by atoms with E-state index in [1.54, 1.807) is 57.2 Å². The average Bonchev–Trinajstić information content (AvgIpc) is 2.95. The predicted molar refractivity (Wildman–Crippen MR) is 149 cm³/mol. The van der Waals surface area contributed by atoms with Crippen LogP contribution in [0.25, 0.3) is 0 Å². The van der Waals surface area contributed by atoms with Crippen molar-refractivity contribution < 1.29 is 38.2 Å². The highest BCUT2D eigenvalue weighted by molar-refractivity contribution is 5.90. The van der Waals surface area contributed by atoms with Crippen molar-refractivity contribution in [2.75, 3.05) is 6.54 Å². The number of ether oxygens (including phenoxy) is 3. The Morgan fingerprint density at radius 1 is 0.854 bits per heavy atom. The maximum atomic E-state index is 13.2. The smallest absolute Gasteiger partial charge is 0.408 e. The Labute approximate surface area is 239 Å². The zero-order valence-corrected chi connectivity index (χ0v) is 23.5. The summed E-state index contributed by atoms with van der Waals surface area (Å²) in [5.74, 6) is -1.78. The van der Waals surface area contributed by atoms with Crippen LogP contribution in [0.5, 0.6) is 5.75 Å². The summed E-state index contributed by atoms with van der Waals surface area (Å²) in [5, 5.41) is 7.64. The van der Waals surface area contributed by atoms with Crippen molar-refractivity contribution in [1.82, 2.24) is 16.0 Å². The van der Waals surface area contributed by atoms with E-state index in [9.17, 15) is 24.0 Å². The third kappa shape index (κ3) is 12.4. The van der Waals surface area contributed by atoms with Crippen LogP contribution in [0.4, 0.5) is 9.59 Å². The maximum Gasteiger partial charge on any atom is 0.408 e. The number of primary amides is 1. The fourth-order valence-corrected chi connectivity index (χ4v) is 3.56. The summed E-state index contributed by atoms with van der Waals surface area (Å²) in [6.07, 6.45) is -0.0833. The Hall–Kier alpha value is -4.61. The van der Waals surface area contributed by atoms with Crippen molar-refractivity contribution in [2.45, 2.75) is 65.3 Å². The Balaban J connectivity index is 2.04. The first-order valence-corrected chi connectivity index (χ1v) is 13.4. The predicted octanol–water partition coefficient (Wildman–Crippen LogP) is 2.93. The van der Waals surface area contributed by atoms with Crippen LogP contribution in [-0.4, -0.2) is 48.6 Å². The molecular weight excluding hydrogens is 532 g/mol. The van der Waals surface area contributed by atoms with Crippen LogP contribution in [0.3, 0.4) is 0 Å². The van der Waals surface area contributed by atoms with Crippen molar-refractivity contribution in [3.63, 3.8) is 0 Å². The van der Waals surface area contributed by atoms with Crippen molar-refractivity contribution in [3.05, 3.63) is 65.7 Å². The first-order chi connectivity index (χ1) is 19.6. The van der Waals surface area contributed by atoms with E-state index < -0.39 is 36.1 Å². The van der Waals surface area contributed by atoms with Crippen LogP contribution >= 0.6 is 0 Å². The minimum Gasteiger partial charge on any atom is -0.461 e. The molecule has 5 N–H and O–H groups in total. The summed E-state index contributed by atoms with van der Waals surface area (Å²) < 4.78 is 15.8. The van der Waals surface area contributed by atoms with Gasteiger partial charge in [-0.1, -0.05) is 63.2 Å². The zero-order chi connectivity index (χ0) is 30.2. The summed E-state index contributed by atoms with van der Waals surface area (Å²) in [4.78, 5) is 61.0. The topological polar surface area (TPSA) is 175 Å². The number of hydrogen-bond donors (Lipinski definition) is 4. The largest absolute Gasteiger partial charge is 0.461 e. The van der Waals surface area contributed by atoms with Gasteiger partial charge in [0, 0.05) is 13.0 Å². The number of alkyl carbamates (subject to hydrolysis) is 1. The van der Waals surface area contributed by atoms with Gasteiger partial charge in [-0.15, -0.1) is 0 Å². The van der Waals surface area contributed by atoms with Crippen molar-refractivity contribution in [3.8, 4) is 5.75 Å². The quantitative estimate of drug-likeness (QED) is 0.144. The molecule has 0 aliphatic carbocycles. The lowest BCUT2D eigenvalue weighted by molar-refractivity contribution is -0.144. The van der Waals surface area contributed by atoms with Gasteiger partial charge < -0.3 is 35.9 Å². The van der Waals surface area contributed by atoms with E-state index in [1.807, 2.05) is 18.2 Å². The number of rotatable bonds is 15. The highest BCUT2D eigenvalue weighted by atomic mass is 16.6. The van der Waals surface area contributed by atoms with Crippen LogP contribution in [-0.2, 0) is 37.1 Å². The zero-order valence-electron chi connectivity index (χ0n) is 23.5. The third-order valence-electron chi connectivity index (χ3n) is 5.84. The van der Waals surface area contributed by atoms with Gasteiger partial charge in [-0.3, -0.25) is 9.59 Å². The monoisotopic (exact) mass is 570 g/mol. The molecule has 12 nitrogen and oxygen atoms in total. The number of carbonyl (C=O) groups is 5. The fraction of sp³-hybridized carbons (Fsp3) is 0.414. The number of nitrogens with one attached hydrogen (secondary N) is 3. The first kappa shape index (κ1) is 32.6. The Morgan fingerprint density at radius 3 is 2.10 bits per heavy atom. The lowest BCUT2D eigenvalue weighted by Crippen LogP contribution is -2.54. The second-order valence-corrected chi connectivity index (χ2v) is 9.50. The van der Waals surface area contributed by atoms with E-state index in [2.05, 4.69) is 16.0 Å². The van der Waals surface area contributed by atoms with Gasteiger partial charge in [0.05, 0.1) is 0 Å². The SMILES string of the molecule is CCC(=O)OCc1ccc(OC(=O)[C@H](CCCNC(N)=O)NC(=O)[C@@H](NC(=O)OCc2ccccc2)C(C)C)cc1. The Kier molecular flexibility index (Phi) is 13.6. The molecule has 4 amide bonds. The molecule has 41 heavy (non-hydrogen) atoms. The average molecular weight is 571 g/mol. The van der Waals surface area contributed by atoms with E-state index in [0.717, 1.165) is 5.56 Å². The highest BCUT2D eigenvalue weighted by Gasteiger charge is 2.30. The van der Waals surface area contributed by atoms with Crippen LogP contribution in [0.1, 0.15) is 51.2 Å². The summed E-state index contributed by atoms with van der Waals surface area (Å²) in [6.45, 7) is 5.47. The fourth-order valence-electron chi connectivity index (χ4n) is 3.56. The molecule has 2 rings (SSSR count). The van der Waals surface area contributed by atoms with Crippen LogP contribution in [0, 0.1) is 5.92 Å². The molecule has 0 aliphatic rings. The molecule has 2 aromatic carbocycles. The van der Waals surface area contributed by atoms with Crippen molar-refractivity contribution >= 4 is 30.0 Å². The molecule has 0 heterocycles. The van der Waals surface area contributed by atoms with Crippen LogP contribution in [0.15, 0.2) is 54.6 Å². The van der Waals surface area contributed by atoms with Gasteiger partial charge in [-0.25, -0.2) is 14.4 Å². The molecule has 0 unspecified atom stereocenters. The van der Waals surface area contributed by atoms with Gasteiger partial charge in [0.25, 0.3) is 0 Å². The molecule has 0 saturated heterocycles. The molecule has 0 saturated carbocycles. The molecule has 0 spiro atoms. The Morgan fingerprint density at radius 2 is 1.49 bits per heavy atom. The highest BCUT2D eigenvalue weighted by Crippen LogP contribution is 2.15. The van der Waals surface area contributed by atoms with E-state index in [4.69, 9.17) is 19.9 Å². The number of urea groups is 1. The third-order valence-corrected chi connectivity index (χ3v) is 5.84. The van der Waals surface area contributed by atoms with Gasteiger partial charge >= 0.3 is 24.1 Å². The molecule has 0 radical (unpaired) electrons. The second-order valence-electron chi connectivity index (χ2n) is 9.50. The summed E-state index contributed by atoms with van der Waals surface area (Å²) in [6, 6.07) is 12.7. The van der Waals surface area contributed by atoms with E-state index in [-0.39, 0.29) is 50.2 Å². The maximum absolute atomic E-state index is 13.2. The number of hydrogen-bond acceptors (Lipinski definition) is 8. The van der Waals surface area contributed by atoms with Gasteiger partial charge in [-0.2, -0.15) is 0 Å². The second kappa shape index (κ2) is 17.2. The lowest BCUT2D eigenvalue weighted by Gasteiger charge is -2.24. The number of amides is 4. The molecule has 0 aromatic heterocycles. The Bertz CT molecular complexity index is 1160. The molecule has 222 valence electrons. The van der Waals surface area contributed by atoms with Gasteiger partial charge in [0.1, 0.15) is 31.0 Å². The molecule has 0 fully saturated rings.